The van der Waals surface area contributed by atoms with E-state index in [1.807, 2.05) is 68.4 Å². The molecule has 1 N–H and O–H groups in total. The molecule has 4 heteroatoms. The number of rotatable bonds is 3. The molecule has 0 bridgehead atoms. The second-order valence-corrected chi connectivity index (χ2v) is 6.82. The number of nitrogens with zero attached hydrogens (tertiary/aromatic N) is 1. The highest BCUT2D eigenvalue weighted by Gasteiger charge is 2.35. The van der Waals surface area contributed by atoms with Gasteiger partial charge < -0.3 is 5.32 Å². The average Bonchev–Trinajstić information content (AvgIpc) is 2.92. The highest BCUT2D eigenvalue weighted by Crippen LogP contribution is 2.38. The minimum absolute atomic E-state index is 0.125. The molecule has 0 spiro atoms. The lowest BCUT2D eigenvalue weighted by Crippen LogP contribution is -2.44. The third kappa shape index (κ3) is 2.46. The fraction of sp³-hybridized carbons (Fsp3) is 0.182. The Balaban J connectivity index is 1.65. The van der Waals surface area contributed by atoms with Gasteiger partial charge in [-0.1, -0.05) is 30.3 Å². The summed E-state index contributed by atoms with van der Waals surface area (Å²) >= 11 is 0. The van der Waals surface area contributed by atoms with Gasteiger partial charge >= 0.3 is 0 Å². The Morgan fingerprint density at radius 2 is 1.73 bits per heavy atom. The Morgan fingerprint density at radius 3 is 2.46 bits per heavy atom. The van der Waals surface area contributed by atoms with Gasteiger partial charge in [0.25, 0.3) is 5.91 Å². The normalized spacial score (nSPS) is 14.0. The van der Waals surface area contributed by atoms with E-state index in [2.05, 4.69) is 5.32 Å². The molecule has 130 valence electrons. The number of nitrogens with one attached hydrogen (secondary N) is 1. The third-order valence-corrected chi connectivity index (χ3v) is 5.13. The van der Waals surface area contributed by atoms with Crippen molar-refractivity contribution < 1.29 is 9.59 Å². The third-order valence-electron chi connectivity index (χ3n) is 5.13. The average molecular weight is 344 g/mol. The molecule has 0 saturated carbocycles. The molecule has 1 heterocycles. The zero-order chi connectivity index (χ0) is 18.4. The van der Waals surface area contributed by atoms with Crippen LogP contribution in [0.2, 0.25) is 0 Å². The van der Waals surface area contributed by atoms with Crippen LogP contribution in [0.4, 0.5) is 11.4 Å². The maximum Gasteiger partial charge on any atom is 0.259 e. The van der Waals surface area contributed by atoms with Crippen LogP contribution in [0.1, 0.15) is 28.4 Å². The van der Waals surface area contributed by atoms with Crippen LogP contribution < -0.4 is 10.2 Å². The predicted octanol–water partition coefficient (Wildman–Crippen LogP) is 4.44. The first kappa shape index (κ1) is 16.3. The Labute approximate surface area is 152 Å². The summed E-state index contributed by atoms with van der Waals surface area (Å²) in [5, 5.41) is 4.87. The van der Waals surface area contributed by atoms with Crippen molar-refractivity contribution in [3.8, 4) is 0 Å². The molecule has 0 saturated heterocycles. The zero-order valence-electron chi connectivity index (χ0n) is 15.0. The van der Waals surface area contributed by atoms with Gasteiger partial charge in [-0.2, -0.15) is 0 Å². The summed E-state index contributed by atoms with van der Waals surface area (Å²) in [6.45, 7) is 5.80. The smallest absolute Gasteiger partial charge is 0.259 e. The summed E-state index contributed by atoms with van der Waals surface area (Å²) in [6, 6.07) is 16.7. The van der Waals surface area contributed by atoms with Gasteiger partial charge in [0.2, 0.25) is 5.91 Å². The van der Waals surface area contributed by atoms with Gasteiger partial charge in [0, 0.05) is 16.6 Å². The van der Waals surface area contributed by atoms with Crippen LogP contribution in [0.25, 0.3) is 10.8 Å². The van der Waals surface area contributed by atoms with Gasteiger partial charge in [0.15, 0.2) is 0 Å². The lowest BCUT2D eigenvalue weighted by atomic mass is 10.1. The predicted molar refractivity (Wildman–Crippen MR) is 105 cm³/mol. The summed E-state index contributed by atoms with van der Waals surface area (Å²) in [5.41, 5.74) is 4.49. The van der Waals surface area contributed by atoms with E-state index in [-0.39, 0.29) is 11.8 Å². The Bertz CT molecular complexity index is 1050. The van der Waals surface area contributed by atoms with Crippen LogP contribution in [0, 0.1) is 13.8 Å². The molecular formula is C22H20N2O2. The molecular weight excluding hydrogens is 324 g/mol. The van der Waals surface area contributed by atoms with E-state index < -0.39 is 6.04 Å². The quantitative estimate of drug-likeness (QED) is 0.763. The number of anilines is 2. The van der Waals surface area contributed by atoms with Gasteiger partial charge in [-0.05, 0) is 61.5 Å². The van der Waals surface area contributed by atoms with Crippen LogP contribution in [0.15, 0.2) is 54.6 Å². The van der Waals surface area contributed by atoms with Crippen molar-refractivity contribution in [1.29, 1.82) is 0 Å². The Kier molecular flexibility index (Phi) is 3.76. The lowest BCUT2D eigenvalue weighted by molar-refractivity contribution is -0.117. The number of hydrogen-bond acceptors (Lipinski definition) is 2. The maximum atomic E-state index is 12.9. The summed E-state index contributed by atoms with van der Waals surface area (Å²) in [4.78, 5) is 27.3. The molecule has 1 aliphatic rings. The molecule has 0 aromatic heterocycles. The number of aryl methyl sites for hydroxylation is 2. The van der Waals surface area contributed by atoms with Crippen LogP contribution in [-0.4, -0.2) is 17.9 Å². The maximum absolute atomic E-state index is 12.9. The van der Waals surface area contributed by atoms with Gasteiger partial charge in [-0.3, -0.25) is 14.5 Å². The second kappa shape index (κ2) is 5.99. The second-order valence-electron chi connectivity index (χ2n) is 6.82. The van der Waals surface area contributed by atoms with E-state index in [0.29, 0.717) is 5.56 Å². The van der Waals surface area contributed by atoms with E-state index in [9.17, 15) is 9.59 Å². The molecule has 3 aromatic carbocycles. The standard InChI is InChI=1S/C22H20N2O2/c1-13-10-11-17(12-14(13)2)23-21(25)15(3)24-19-9-5-7-16-6-4-8-18(20(16)19)22(24)26/h4-12,15H,1-3H3,(H,23,25)/t15-/m0/s1. The number of carbonyl (C=O) groups excluding carboxylic acids is 2. The highest BCUT2D eigenvalue weighted by atomic mass is 16.2. The van der Waals surface area contributed by atoms with E-state index in [1.54, 1.807) is 11.8 Å². The number of benzene rings is 3. The van der Waals surface area contributed by atoms with Crippen LogP contribution >= 0.6 is 0 Å². The number of amides is 2. The summed E-state index contributed by atoms with van der Waals surface area (Å²) in [5.74, 6) is -0.328. The van der Waals surface area contributed by atoms with Crippen molar-refractivity contribution in [2.75, 3.05) is 10.2 Å². The van der Waals surface area contributed by atoms with Crippen LogP contribution in [0.3, 0.4) is 0 Å². The molecule has 3 aromatic rings. The zero-order valence-corrected chi connectivity index (χ0v) is 15.0. The van der Waals surface area contributed by atoms with Crippen molar-refractivity contribution in [3.05, 3.63) is 71.3 Å². The van der Waals surface area contributed by atoms with Gasteiger partial charge in [-0.25, -0.2) is 0 Å². The molecule has 4 nitrogen and oxygen atoms in total. The summed E-state index contributed by atoms with van der Waals surface area (Å²) < 4.78 is 0. The van der Waals surface area contributed by atoms with Crippen molar-refractivity contribution in [2.24, 2.45) is 0 Å². The van der Waals surface area contributed by atoms with Gasteiger partial charge in [0.1, 0.15) is 6.04 Å². The molecule has 1 atom stereocenters. The monoisotopic (exact) mass is 344 g/mol. The first-order chi connectivity index (χ1) is 12.5. The molecule has 0 fully saturated rings. The minimum atomic E-state index is -0.609. The fourth-order valence-corrected chi connectivity index (χ4v) is 3.51. The lowest BCUT2D eigenvalue weighted by Gasteiger charge is -2.25. The molecule has 1 aliphatic heterocycles. The molecule has 4 rings (SSSR count). The topological polar surface area (TPSA) is 49.4 Å². The highest BCUT2D eigenvalue weighted by molar-refractivity contribution is 6.26. The van der Waals surface area contributed by atoms with E-state index >= 15 is 0 Å². The van der Waals surface area contributed by atoms with E-state index in [1.165, 1.54) is 5.56 Å². The number of carbonyl (C=O) groups is 2. The van der Waals surface area contributed by atoms with Crippen molar-refractivity contribution in [1.82, 2.24) is 0 Å². The van der Waals surface area contributed by atoms with E-state index in [0.717, 1.165) is 27.7 Å². The molecule has 0 radical (unpaired) electrons. The summed E-state index contributed by atoms with van der Waals surface area (Å²) in [7, 11) is 0. The van der Waals surface area contributed by atoms with Crippen molar-refractivity contribution >= 4 is 34.0 Å². The molecule has 0 unspecified atom stereocenters. The Morgan fingerprint density at radius 1 is 1.00 bits per heavy atom. The van der Waals surface area contributed by atoms with Crippen molar-refractivity contribution in [2.45, 2.75) is 26.8 Å². The first-order valence-electron chi connectivity index (χ1n) is 8.71. The largest absolute Gasteiger partial charge is 0.324 e. The SMILES string of the molecule is Cc1ccc(NC(=O)[C@H](C)N2C(=O)c3cccc4cccc2c34)cc1C. The Hall–Kier alpha value is -3.14. The molecule has 26 heavy (non-hydrogen) atoms. The van der Waals surface area contributed by atoms with Crippen molar-refractivity contribution in [3.63, 3.8) is 0 Å². The van der Waals surface area contributed by atoms with Crippen LogP contribution in [-0.2, 0) is 4.79 Å². The number of hydrogen-bond donors (Lipinski definition) is 1. The van der Waals surface area contributed by atoms with Gasteiger partial charge in [-0.15, -0.1) is 0 Å². The first-order valence-corrected chi connectivity index (χ1v) is 8.71. The molecule has 2 amide bonds. The van der Waals surface area contributed by atoms with E-state index in [4.69, 9.17) is 0 Å². The summed E-state index contributed by atoms with van der Waals surface area (Å²) in [6.07, 6.45) is 0. The fourth-order valence-electron chi connectivity index (χ4n) is 3.51. The minimum Gasteiger partial charge on any atom is -0.324 e. The molecule has 0 aliphatic carbocycles. The van der Waals surface area contributed by atoms with Gasteiger partial charge in [0.05, 0.1) is 5.69 Å². The van der Waals surface area contributed by atoms with Crippen LogP contribution in [0.5, 0.6) is 0 Å².